The van der Waals surface area contributed by atoms with Crippen LogP contribution in [0.5, 0.6) is 0 Å². The Morgan fingerprint density at radius 3 is 2.38 bits per heavy atom. The van der Waals surface area contributed by atoms with Crippen LogP contribution in [-0.4, -0.2) is 23.7 Å². The molecular weight excluding hydrogens is 210 g/mol. The number of carbonyl (C=O) groups is 2. The molecule has 0 radical (unpaired) electrons. The van der Waals surface area contributed by atoms with Crippen molar-refractivity contribution in [1.82, 2.24) is 5.32 Å². The Morgan fingerprint density at radius 1 is 1.44 bits per heavy atom. The van der Waals surface area contributed by atoms with Crippen molar-refractivity contribution in [2.45, 2.75) is 45.8 Å². The summed E-state index contributed by atoms with van der Waals surface area (Å²) in [4.78, 5) is 22.7. The maximum Gasteiger partial charge on any atom is 0.408 e. The van der Waals surface area contributed by atoms with Crippen molar-refractivity contribution >= 4 is 12.1 Å². The minimum absolute atomic E-state index is 0.423. The molecule has 5 heteroatoms. The Labute approximate surface area is 95.8 Å². The molecule has 5 nitrogen and oxygen atoms in total. The van der Waals surface area contributed by atoms with Crippen LogP contribution in [0.2, 0.25) is 0 Å². The van der Waals surface area contributed by atoms with Crippen LogP contribution in [0, 0.1) is 0 Å². The predicted molar refractivity (Wildman–Crippen MR) is 59.7 cm³/mol. The number of ether oxygens (including phenoxy) is 2. The fraction of sp³-hybridized carbons (Fsp3) is 0.636. The Balaban J connectivity index is 4.27. The Kier molecular flexibility index (Phi) is 5.56. The van der Waals surface area contributed by atoms with Gasteiger partial charge in [0.25, 0.3) is 0 Å². The van der Waals surface area contributed by atoms with Crippen molar-refractivity contribution in [2.75, 3.05) is 0 Å². The molecule has 1 unspecified atom stereocenters. The van der Waals surface area contributed by atoms with Crippen LogP contribution >= 0.6 is 0 Å². The van der Waals surface area contributed by atoms with Gasteiger partial charge in [-0.15, -0.1) is 0 Å². The van der Waals surface area contributed by atoms with E-state index in [9.17, 15) is 9.59 Å². The fourth-order valence-corrected chi connectivity index (χ4v) is 0.942. The highest BCUT2D eigenvalue weighted by molar-refractivity contribution is 5.81. The summed E-state index contributed by atoms with van der Waals surface area (Å²) in [5.41, 5.74) is -0.593. The molecule has 0 saturated heterocycles. The highest BCUT2D eigenvalue weighted by Gasteiger charge is 2.23. The average molecular weight is 229 g/mol. The number of esters is 1. The number of amides is 1. The molecule has 0 aromatic rings. The maximum absolute atomic E-state index is 11.4. The first-order valence-corrected chi connectivity index (χ1v) is 5.11. The molecule has 0 aromatic heterocycles. The molecule has 0 heterocycles. The van der Waals surface area contributed by atoms with E-state index in [1.807, 2.05) is 0 Å². The highest BCUT2D eigenvalue weighted by Crippen LogP contribution is 2.07. The SMILES string of the molecule is C=COC(=O)C(CC)NC(=O)OC(C)(C)C. The lowest BCUT2D eigenvalue weighted by atomic mass is 10.2. The summed E-state index contributed by atoms with van der Waals surface area (Å²) in [6.07, 6.45) is 0.814. The standard InChI is InChI=1S/C11H19NO4/c1-6-8(9(13)15-7-2)12-10(14)16-11(3,4)5/h7-8H,2,6H2,1,3-5H3,(H,12,14). The van der Waals surface area contributed by atoms with Crippen molar-refractivity contribution in [3.05, 3.63) is 12.8 Å². The number of hydrogen-bond acceptors (Lipinski definition) is 4. The first kappa shape index (κ1) is 14.5. The lowest BCUT2D eigenvalue weighted by Gasteiger charge is -2.21. The zero-order valence-corrected chi connectivity index (χ0v) is 10.2. The monoisotopic (exact) mass is 229 g/mol. The van der Waals surface area contributed by atoms with Gasteiger partial charge in [-0.2, -0.15) is 0 Å². The molecule has 0 aliphatic carbocycles. The van der Waals surface area contributed by atoms with E-state index in [1.54, 1.807) is 27.7 Å². The van der Waals surface area contributed by atoms with Crippen LogP contribution in [0.25, 0.3) is 0 Å². The van der Waals surface area contributed by atoms with E-state index in [1.165, 1.54) is 0 Å². The third-order valence-corrected chi connectivity index (χ3v) is 1.58. The van der Waals surface area contributed by atoms with Gasteiger partial charge in [0, 0.05) is 0 Å². The van der Waals surface area contributed by atoms with Crippen LogP contribution in [-0.2, 0) is 14.3 Å². The maximum atomic E-state index is 11.4. The first-order chi connectivity index (χ1) is 7.30. The van der Waals surface area contributed by atoms with Crippen LogP contribution in [0.1, 0.15) is 34.1 Å². The van der Waals surface area contributed by atoms with Gasteiger partial charge >= 0.3 is 12.1 Å². The molecule has 0 aromatic carbocycles. The number of alkyl carbamates (subject to hydrolysis) is 1. The van der Waals surface area contributed by atoms with Crippen molar-refractivity contribution in [1.29, 1.82) is 0 Å². The Morgan fingerprint density at radius 2 is 2.00 bits per heavy atom. The van der Waals surface area contributed by atoms with Gasteiger partial charge in [-0.25, -0.2) is 9.59 Å². The number of hydrogen-bond donors (Lipinski definition) is 1. The van der Waals surface area contributed by atoms with E-state index in [-0.39, 0.29) is 0 Å². The number of rotatable bonds is 4. The molecule has 16 heavy (non-hydrogen) atoms. The molecule has 0 rings (SSSR count). The zero-order chi connectivity index (χ0) is 12.8. The fourth-order valence-electron chi connectivity index (χ4n) is 0.942. The molecule has 1 N–H and O–H groups in total. The van der Waals surface area contributed by atoms with Gasteiger partial charge in [0.05, 0.1) is 6.26 Å². The Hall–Kier alpha value is -1.52. The van der Waals surface area contributed by atoms with Gasteiger partial charge in [-0.05, 0) is 27.2 Å². The second-order valence-electron chi connectivity index (χ2n) is 4.21. The van der Waals surface area contributed by atoms with E-state index in [2.05, 4.69) is 16.6 Å². The summed E-state index contributed by atoms with van der Waals surface area (Å²) in [5, 5.41) is 2.42. The normalized spacial score (nSPS) is 12.5. The lowest BCUT2D eigenvalue weighted by molar-refractivity contribution is -0.140. The van der Waals surface area contributed by atoms with E-state index >= 15 is 0 Å². The average Bonchev–Trinajstić information content (AvgIpc) is 2.11. The smallest absolute Gasteiger partial charge is 0.408 e. The van der Waals surface area contributed by atoms with Crippen LogP contribution < -0.4 is 5.32 Å². The minimum atomic E-state index is -0.715. The second-order valence-corrected chi connectivity index (χ2v) is 4.21. The number of carbonyl (C=O) groups excluding carboxylic acids is 2. The predicted octanol–water partition coefficient (Wildman–Crippen LogP) is 1.98. The van der Waals surface area contributed by atoms with Gasteiger partial charge in [-0.3, -0.25) is 0 Å². The molecule has 92 valence electrons. The number of nitrogens with one attached hydrogen (secondary N) is 1. The van der Waals surface area contributed by atoms with E-state index in [0.717, 1.165) is 6.26 Å². The zero-order valence-electron chi connectivity index (χ0n) is 10.2. The summed E-state index contributed by atoms with van der Waals surface area (Å²) < 4.78 is 9.60. The second kappa shape index (κ2) is 6.15. The molecule has 0 fully saturated rings. The van der Waals surface area contributed by atoms with Crippen LogP contribution in [0.4, 0.5) is 4.79 Å². The molecule has 0 saturated carbocycles. The van der Waals surface area contributed by atoms with E-state index < -0.39 is 23.7 Å². The summed E-state index contributed by atoms with van der Waals surface area (Å²) in [7, 11) is 0. The van der Waals surface area contributed by atoms with E-state index in [4.69, 9.17) is 4.74 Å². The Bertz CT molecular complexity index is 268. The summed E-state index contributed by atoms with van der Waals surface area (Å²) >= 11 is 0. The van der Waals surface area contributed by atoms with Crippen molar-refractivity contribution < 1.29 is 19.1 Å². The van der Waals surface area contributed by atoms with Gasteiger partial charge in [0.2, 0.25) is 0 Å². The van der Waals surface area contributed by atoms with Crippen LogP contribution in [0.15, 0.2) is 12.8 Å². The first-order valence-electron chi connectivity index (χ1n) is 5.11. The van der Waals surface area contributed by atoms with Gasteiger partial charge in [0.1, 0.15) is 11.6 Å². The molecule has 1 atom stereocenters. The minimum Gasteiger partial charge on any atom is -0.444 e. The summed E-state index contributed by atoms with van der Waals surface area (Å²) in [5.74, 6) is -0.552. The van der Waals surface area contributed by atoms with Crippen molar-refractivity contribution in [3.8, 4) is 0 Å². The topological polar surface area (TPSA) is 64.6 Å². The highest BCUT2D eigenvalue weighted by atomic mass is 16.6. The van der Waals surface area contributed by atoms with Crippen LogP contribution in [0.3, 0.4) is 0 Å². The van der Waals surface area contributed by atoms with Gasteiger partial charge in [0.15, 0.2) is 0 Å². The molecule has 0 spiro atoms. The molecular formula is C11H19NO4. The largest absolute Gasteiger partial charge is 0.444 e. The summed E-state index contributed by atoms with van der Waals surface area (Å²) in [6.45, 7) is 10.3. The third-order valence-electron chi connectivity index (χ3n) is 1.58. The molecule has 1 amide bonds. The van der Waals surface area contributed by atoms with Crippen molar-refractivity contribution in [2.24, 2.45) is 0 Å². The summed E-state index contributed by atoms with van der Waals surface area (Å²) in [6, 6.07) is -0.715. The molecule has 0 aliphatic rings. The van der Waals surface area contributed by atoms with E-state index in [0.29, 0.717) is 6.42 Å². The lowest BCUT2D eigenvalue weighted by Crippen LogP contribution is -2.43. The van der Waals surface area contributed by atoms with Gasteiger partial charge < -0.3 is 14.8 Å². The van der Waals surface area contributed by atoms with Crippen molar-refractivity contribution in [3.63, 3.8) is 0 Å². The third kappa shape index (κ3) is 6.06. The van der Waals surface area contributed by atoms with Gasteiger partial charge in [-0.1, -0.05) is 13.5 Å². The molecule has 0 aliphatic heterocycles. The molecule has 0 bridgehead atoms. The quantitative estimate of drug-likeness (QED) is 0.591.